The van der Waals surface area contributed by atoms with E-state index in [1.54, 1.807) is 6.07 Å². The van der Waals surface area contributed by atoms with Crippen LogP contribution in [0.3, 0.4) is 0 Å². The molecule has 1 atom stereocenters. The predicted molar refractivity (Wildman–Crippen MR) is 102 cm³/mol. The van der Waals surface area contributed by atoms with E-state index in [0.717, 1.165) is 17.0 Å². The number of nitrogens with one attached hydrogen (secondary N) is 2. The summed E-state index contributed by atoms with van der Waals surface area (Å²) >= 11 is 0. The average molecular weight is 361 g/mol. The number of guanidine groups is 1. The van der Waals surface area contributed by atoms with Crippen LogP contribution in [0.25, 0.3) is 0 Å². The molecule has 2 rings (SSSR count). The number of halogens is 1. The second-order valence-corrected chi connectivity index (χ2v) is 7.00. The zero-order valence-corrected chi connectivity index (χ0v) is 15.2. The van der Waals surface area contributed by atoms with Crippen molar-refractivity contribution in [3.63, 3.8) is 0 Å². The molecule has 134 valence electrons. The zero-order valence-electron chi connectivity index (χ0n) is 14.4. The summed E-state index contributed by atoms with van der Waals surface area (Å²) in [7, 11) is -1.05. The molecule has 0 bridgehead atoms. The largest absolute Gasteiger partial charge is 0.357 e. The lowest BCUT2D eigenvalue weighted by Crippen LogP contribution is -2.38. The Labute approximate surface area is 151 Å². The topological polar surface area (TPSA) is 53.5 Å². The Kier molecular flexibility index (Phi) is 8.12. The second-order valence-electron chi connectivity index (χ2n) is 5.43. The molecule has 0 aliphatic carbocycles. The monoisotopic (exact) mass is 361 g/mol. The molecule has 0 saturated carbocycles. The van der Waals surface area contributed by atoms with Gasteiger partial charge >= 0.3 is 0 Å². The second kappa shape index (κ2) is 10.6. The first-order valence-corrected chi connectivity index (χ1v) is 9.71. The lowest BCUT2D eigenvalue weighted by atomic mass is 10.1. The number of nitrogens with zero attached hydrogens (tertiary/aromatic N) is 1. The highest BCUT2D eigenvalue weighted by Gasteiger charge is 2.03. The van der Waals surface area contributed by atoms with Gasteiger partial charge in [0.2, 0.25) is 0 Å². The van der Waals surface area contributed by atoms with Crippen molar-refractivity contribution in [2.45, 2.75) is 18.2 Å². The smallest absolute Gasteiger partial charge is 0.191 e. The molecule has 0 aliphatic rings. The van der Waals surface area contributed by atoms with E-state index in [-0.39, 0.29) is 5.82 Å². The van der Waals surface area contributed by atoms with Crippen molar-refractivity contribution in [1.82, 2.24) is 10.6 Å². The first kappa shape index (κ1) is 19.1. The van der Waals surface area contributed by atoms with Crippen LogP contribution < -0.4 is 10.6 Å². The van der Waals surface area contributed by atoms with Crippen LogP contribution in [0.4, 0.5) is 4.39 Å². The molecule has 2 aromatic carbocycles. The first-order chi connectivity index (χ1) is 12.2. The summed E-state index contributed by atoms with van der Waals surface area (Å²) in [5, 5.41) is 6.38. The highest BCUT2D eigenvalue weighted by molar-refractivity contribution is 7.85. The summed E-state index contributed by atoms with van der Waals surface area (Å²) < 4.78 is 25.4. The molecule has 0 fully saturated rings. The Hall–Kier alpha value is -2.21. The molecule has 25 heavy (non-hydrogen) atoms. The number of hydrogen-bond acceptors (Lipinski definition) is 2. The Morgan fingerprint density at radius 1 is 1.12 bits per heavy atom. The molecule has 2 N–H and O–H groups in total. The van der Waals surface area contributed by atoms with Crippen molar-refractivity contribution in [3.05, 3.63) is 66.0 Å². The third-order valence-corrected chi connectivity index (χ3v) is 4.84. The lowest BCUT2D eigenvalue weighted by molar-refractivity contribution is 0.625. The molecule has 0 aliphatic heterocycles. The van der Waals surface area contributed by atoms with Gasteiger partial charge in [0.1, 0.15) is 5.82 Å². The molecule has 0 amide bonds. The fourth-order valence-corrected chi connectivity index (χ4v) is 3.24. The highest BCUT2D eigenvalue weighted by atomic mass is 32.2. The van der Waals surface area contributed by atoms with E-state index in [1.165, 1.54) is 12.1 Å². The highest BCUT2D eigenvalue weighted by Crippen LogP contribution is 2.05. The zero-order chi connectivity index (χ0) is 17.9. The maximum atomic E-state index is 13.2. The van der Waals surface area contributed by atoms with Crippen LogP contribution in [0, 0.1) is 5.82 Å². The molecule has 4 nitrogen and oxygen atoms in total. The molecule has 0 aromatic heterocycles. The van der Waals surface area contributed by atoms with Crippen molar-refractivity contribution in [1.29, 1.82) is 0 Å². The van der Waals surface area contributed by atoms with E-state index in [0.29, 0.717) is 31.2 Å². The molecule has 1 unspecified atom stereocenters. The van der Waals surface area contributed by atoms with E-state index < -0.39 is 10.8 Å². The summed E-state index contributed by atoms with van der Waals surface area (Å²) in [6, 6.07) is 16.0. The van der Waals surface area contributed by atoms with Gasteiger partial charge in [0, 0.05) is 23.7 Å². The van der Waals surface area contributed by atoms with Crippen molar-refractivity contribution in [2.75, 3.05) is 25.4 Å². The summed E-state index contributed by atoms with van der Waals surface area (Å²) in [6.45, 7) is 3.85. The summed E-state index contributed by atoms with van der Waals surface area (Å²) in [5.74, 6) is 0.940. The molecule has 0 spiro atoms. The maximum Gasteiger partial charge on any atom is 0.191 e. The van der Waals surface area contributed by atoms with Gasteiger partial charge in [-0.3, -0.25) is 9.20 Å². The van der Waals surface area contributed by atoms with Gasteiger partial charge in [0.25, 0.3) is 0 Å². The standard InChI is InChI=1S/C19H24FN3OS/c1-2-21-19(22-12-11-16-7-6-8-17(20)15-16)23-13-14-25(24)18-9-4-3-5-10-18/h3-10,15H,2,11-14H2,1H3,(H2,21,22,23). The number of rotatable bonds is 8. The fourth-order valence-electron chi connectivity index (χ4n) is 2.29. The van der Waals surface area contributed by atoms with E-state index in [4.69, 9.17) is 0 Å². The average Bonchev–Trinajstić information content (AvgIpc) is 2.62. The van der Waals surface area contributed by atoms with Crippen LogP contribution in [0.5, 0.6) is 0 Å². The molecule has 6 heteroatoms. The van der Waals surface area contributed by atoms with Gasteiger partial charge < -0.3 is 10.6 Å². The molecule has 0 radical (unpaired) electrons. The SMILES string of the molecule is CCNC(=NCCS(=O)c1ccccc1)NCCc1cccc(F)c1. The van der Waals surface area contributed by atoms with Crippen LogP contribution in [-0.4, -0.2) is 35.6 Å². The van der Waals surface area contributed by atoms with Crippen LogP contribution in [0.2, 0.25) is 0 Å². The molecular weight excluding hydrogens is 337 g/mol. The summed E-state index contributed by atoms with van der Waals surface area (Å²) in [6.07, 6.45) is 0.706. The predicted octanol–water partition coefficient (Wildman–Crippen LogP) is 2.73. The van der Waals surface area contributed by atoms with Crippen molar-refractivity contribution < 1.29 is 8.60 Å². The number of aliphatic imine (C=N–C) groups is 1. The Morgan fingerprint density at radius 3 is 2.64 bits per heavy atom. The third kappa shape index (κ3) is 7.05. The summed E-state index contributed by atoms with van der Waals surface area (Å²) in [5.41, 5.74) is 0.938. The van der Waals surface area contributed by atoms with Crippen LogP contribution in [0.1, 0.15) is 12.5 Å². The first-order valence-electron chi connectivity index (χ1n) is 8.39. The number of benzene rings is 2. The van der Waals surface area contributed by atoms with Gasteiger partial charge in [0.15, 0.2) is 5.96 Å². The molecule has 0 saturated heterocycles. The minimum absolute atomic E-state index is 0.221. The van der Waals surface area contributed by atoms with Gasteiger partial charge in [0.05, 0.1) is 17.3 Å². The molecular formula is C19H24FN3OS. The van der Waals surface area contributed by atoms with Crippen LogP contribution in [0.15, 0.2) is 64.5 Å². The third-order valence-electron chi connectivity index (χ3n) is 3.49. The summed E-state index contributed by atoms with van der Waals surface area (Å²) in [4.78, 5) is 5.28. The van der Waals surface area contributed by atoms with Gasteiger partial charge in [-0.15, -0.1) is 0 Å². The van der Waals surface area contributed by atoms with E-state index >= 15 is 0 Å². The van der Waals surface area contributed by atoms with Gasteiger partial charge in [-0.05, 0) is 43.2 Å². The maximum absolute atomic E-state index is 13.2. The van der Waals surface area contributed by atoms with E-state index in [1.807, 2.05) is 43.3 Å². The minimum Gasteiger partial charge on any atom is -0.357 e. The van der Waals surface area contributed by atoms with Gasteiger partial charge in [-0.25, -0.2) is 4.39 Å². The van der Waals surface area contributed by atoms with E-state index in [9.17, 15) is 8.60 Å². The van der Waals surface area contributed by atoms with E-state index in [2.05, 4.69) is 15.6 Å². The van der Waals surface area contributed by atoms with Crippen molar-refractivity contribution >= 4 is 16.8 Å². The normalized spacial score (nSPS) is 12.6. The number of hydrogen-bond donors (Lipinski definition) is 2. The van der Waals surface area contributed by atoms with Crippen molar-refractivity contribution in [2.24, 2.45) is 4.99 Å². The molecule has 0 heterocycles. The Morgan fingerprint density at radius 2 is 1.92 bits per heavy atom. The van der Waals surface area contributed by atoms with Gasteiger partial charge in [-0.2, -0.15) is 0 Å². The fraction of sp³-hybridized carbons (Fsp3) is 0.316. The van der Waals surface area contributed by atoms with Crippen LogP contribution >= 0.6 is 0 Å². The minimum atomic E-state index is -1.05. The Bertz CT molecular complexity index is 707. The Balaban J connectivity index is 1.80. The van der Waals surface area contributed by atoms with Crippen molar-refractivity contribution in [3.8, 4) is 0 Å². The quantitative estimate of drug-likeness (QED) is 0.561. The lowest BCUT2D eigenvalue weighted by Gasteiger charge is -2.11. The van der Waals surface area contributed by atoms with Crippen LogP contribution in [-0.2, 0) is 17.2 Å². The molecule has 2 aromatic rings. The van der Waals surface area contributed by atoms with Gasteiger partial charge in [-0.1, -0.05) is 30.3 Å².